The number of nitriles is 1. The number of fused-ring (bicyclic) bond motifs is 3. The first-order valence-electron chi connectivity index (χ1n) is 16.0. The van der Waals surface area contributed by atoms with Crippen LogP contribution in [-0.4, -0.2) is 12.6 Å². The number of aromatic nitrogens is 1. The molecule has 1 heterocycles. The molecule has 0 amide bonds. The van der Waals surface area contributed by atoms with Crippen molar-refractivity contribution in [3.8, 4) is 22.9 Å². The molecule has 0 aliphatic rings. The van der Waals surface area contributed by atoms with E-state index in [1.165, 1.54) is 20.7 Å². The molecule has 224 valence electrons. The van der Waals surface area contributed by atoms with Crippen LogP contribution in [-0.2, 0) is 0 Å². The summed E-state index contributed by atoms with van der Waals surface area (Å²) < 4.78 is 2.16. The van der Waals surface area contributed by atoms with Crippen LogP contribution in [0.3, 0.4) is 0 Å². The first-order chi connectivity index (χ1) is 23.7. The van der Waals surface area contributed by atoms with Crippen molar-refractivity contribution in [3.05, 3.63) is 193 Å². The van der Waals surface area contributed by atoms with Gasteiger partial charge in [0.15, 0.2) is 8.07 Å². The summed E-state index contributed by atoms with van der Waals surface area (Å²) in [5.74, 6) is 0. The Morgan fingerprint density at radius 1 is 0.521 bits per heavy atom. The van der Waals surface area contributed by atoms with Crippen LogP contribution in [0.4, 0.5) is 5.69 Å². The normalized spacial score (nSPS) is 11.3. The Kier molecular flexibility index (Phi) is 7.27. The van der Waals surface area contributed by atoms with Gasteiger partial charge in [-0.15, -0.1) is 0 Å². The number of nitrogens with zero attached hydrogens (tertiary/aromatic N) is 3. The fourth-order valence-corrected chi connectivity index (χ4v) is 12.1. The second-order valence-electron chi connectivity index (χ2n) is 11.9. The van der Waals surface area contributed by atoms with Gasteiger partial charge in [-0.2, -0.15) is 5.26 Å². The maximum Gasteiger partial charge on any atom is 0.211 e. The summed E-state index contributed by atoms with van der Waals surface area (Å²) in [6.45, 7) is 8.10. The molecule has 1 aromatic heterocycles. The standard InChI is InChI=1S/C44H29N3Si/c1-46-41-29-33(31-45)40(30-44(41)47-42-23-13-11-21-38(42)39-22-12-14-24-43(39)47)32-25-27-37(28-26-32)48(34-15-5-2-6-16-34,35-17-7-3-8-18-35)36-19-9-4-10-20-36/h2-30H. The topological polar surface area (TPSA) is 33.1 Å². The third-order valence-electron chi connectivity index (χ3n) is 9.43. The number of para-hydroxylation sites is 2. The minimum Gasteiger partial charge on any atom is -0.319 e. The highest BCUT2D eigenvalue weighted by atomic mass is 28.3. The van der Waals surface area contributed by atoms with Crippen molar-refractivity contribution in [2.24, 2.45) is 0 Å². The SMILES string of the molecule is [C-]#[N+]c1cc(C#N)c(-c2ccc([Si](c3ccccc3)(c3ccccc3)c3ccccc3)cc2)cc1-n1c2ccccc2c2ccccc21. The van der Waals surface area contributed by atoms with E-state index in [-0.39, 0.29) is 0 Å². The van der Waals surface area contributed by atoms with Crippen LogP contribution in [0.15, 0.2) is 176 Å². The Labute approximate surface area is 281 Å². The Morgan fingerprint density at radius 2 is 0.958 bits per heavy atom. The first-order valence-corrected chi connectivity index (χ1v) is 18.0. The van der Waals surface area contributed by atoms with Gasteiger partial charge in [0.1, 0.15) is 0 Å². The molecule has 4 heteroatoms. The average Bonchev–Trinajstić information content (AvgIpc) is 3.50. The molecule has 0 N–H and O–H groups in total. The minimum atomic E-state index is -2.68. The van der Waals surface area contributed by atoms with Gasteiger partial charge in [0.25, 0.3) is 0 Å². The molecular formula is C44H29N3Si. The molecule has 0 aliphatic heterocycles. The molecule has 0 saturated carbocycles. The number of benzene rings is 7. The molecule has 48 heavy (non-hydrogen) atoms. The third kappa shape index (κ3) is 4.55. The zero-order chi connectivity index (χ0) is 32.5. The largest absolute Gasteiger partial charge is 0.319 e. The number of rotatable bonds is 6. The van der Waals surface area contributed by atoms with E-state index < -0.39 is 8.07 Å². The molecule has 0 radical (unpaired) electrons. The lowest BCUT2D eigenvalue weighted by Crippen LogP contribution is -2.74. The summed E-state index contributed by atoms with van der Waals surface area (Å²) in [5.41, 5.74) is 5.49. The number of hydrogen-bond donors (Lipinski definition) is 0. The molecular weight excluding hydrogens is 599 g/mol. The molecule has 0 unspecified atom stereocenters. The Balaban J connectivity index is 1.35. The lowest BCUT2D eigenvalue weighted by molar-refractivity contribution is 1.19. The molecule has 0 atom stereocenters. The number of hydrogen-bond acceptors (Lipinski definition) is 1. The van der Waals surface area contributed by atoms with Crippen LogP contribution in [0.25, 0.3) is 43.5 Å². The van der Waals surface area contributed by atoms with E-state index in [2.05, 4.69) is 155 Å². The second kappa shape index (κ2) is 12.0. The zero-order valence-electron chi connectivity index (χ0n) is 26.1. The molecule has 8 aromatic rings. The summed E-state index contributed by atoms with van der Waals surface area (Å²) in [5, 5.41) is 17.8. The van der Waals surface area contributed by atoms with Crippen molar-refractivity contribution in [1.82, 2.24) is 4.57 Å². The van der Waals surface area contributed by atoms with E-state index in [1.54, 1.807) is 6.07 Å². The van der Waals surface area contributed by atoms with Gasteiger partial charge < -0.3 is 4.57 Å². The monoisotopic (exact) mass is 627 g/mol. The van der Waals surface area contributed by atoms with Gasteiger partial charge >= 0.3 is 0 Å². The molecule has 0 saturated heterocycles. The maximum atomic E-state index is 10.3. The van der Waals surface area contributed by atoms with Crippen molar-refractivity contribution in [2.45, 2.75) is 0 Å². The van der Waals surface area contributed by atoms with Crippen molar-refractivity contribution in [2.75, 3.05) is 0 Å². The lowest BCUT2D eigenvalue weighted by Gasteiger charge is -2.34. The third-order valence-corrected chi connectivity index (χ3v) is 14.2. The van der Waals surface area contributed by atoms with E-state index >= 15 is 0 Å². The van der Waals surface area contributed by atoms with E-state index in [0.717, 1.165) is 38.6 Å². The summed E-state index contributed by atoms with van der Waals surface area (Å²) >= 11 is 0. The quantitative estimate of drug-likeness (QED) is 0.104. The van der Waals surface area contributed by atoms with Crippen molar-refractivity contribution in [3.63, 3.8) is 0 Å². The van der Waals surface area contributed by atoms with Gasteiger partial charge in [-0.05, 0) is 56.1 Å². The van der Waals surface area contributed by atoms with E-state index in [9.17, 15) is 5.26 Å². The molecule has 0 aliphatic carbocycles. The second-order valence-corrected chi connectivity index (χ2v) is 15.7. The summed E-state index contributed by atoms with van der Waals surface area (Å²) in [4.78, 5) is 3.91. The Bertz CT molecular complexity index is 2350. The van der Waals surface area contributed by atoms with Gasteiger partial charge in [-0.1, -0.05) is 152 Å². The average molecular weight is 628 g/mol. The summed E-state index contributed by atoms with van der Waals surface area (Å²) in [6, 6.07) is 64.1. The van der Waals surface area contributed by atoms with Crippen LogP contribution in [0.2, 0.25) is 0 Å². The van der Waals surface area contributed by atoms with Crippen LogP contribution >= 0.6 is 0 Å². The van der Waals surface area contributed by atoms with E-state index in [0.29, 0.717) is 11.3 Å². The van der Waals surface area contributed by atoms with E-state index in [1.807, 2.05) is 30.3 Å². The smallest absolute Gasteiger partial charge is 0.211 e. The predicted molar refractivity (Wildman–Crippen MR) is 201 cm³/mol. The van der Waals surface area contributed by atoms with Crippen molar-refractivity contribution in [1.29, 1.82) is 5.26 Å². The van der Waals surface area contributed by atoms with Gasteiger partial charge in [-0.3, -0.25) is 0 Å². The Hall–Kier alpha value is -6.46. The minimum absolute atomic E-state index is 0.446. The van der Waals surface area contributed by atoms with Gasteiger partial charge in [-0.25, -0.2) is 4.85 Å². The van der Waals surface area contributed by atoms with Crippen LogP contribution in [0.1, 0.15) is 5.56 Å². The highest BCUT2D eigenvalue weighted by molar-refractivity contribution is 7.19. The molecule has 0 spiro atoms. The van der Waals surface area contributed by atoms with Crippen LogP contribution in [0.5, 0.6) is 0 Å². The maximum absolute atomic E-state index is 10.3. The van der Waals surface area contributed by atoms with Gasteiger partial charge in [0.2, 0.25) is 5.69 Å². The highest BCUT2D eigenvalue weighted by Gasteiger charge is 2.41. The molecule has 3 nitrogen and oxygen atoms in total. The fourth-order valence-electron chi connectivity index (χ4n) is 7.32. The van der Waals surface area contributed by atoms with Crippen LogP contribution < -0.4 is 20.7 Å². The van der Waals surface area contributed by atoms with Crippen LogP contribution in [0, 0.1) is 17.9 Å². The summed E-state index contributed by atoms with van der Waals surface area (Å²) in [7, 11) is -2.68. The van der Waals surface area contributed by atoms with Crippen molar-refractivity contribution < 1.29 is 0 Å². The Morgan fingerprint density at radius 3 is 1.42 bits per heavy atom. The lowest BCUT2D eigenvalue weighted by atomic mass is 9.98. The van der Waals surface area contributed by atoms with Gasteiger partial charge in [0, 0.05) is 16.3 Å². The van der Waals surface area contributed by atoms with Crippen molar-refractivity contribution >= 4 is 56.3 Å². The summed E-state index contributed by atoms with van der Waals surface area (Å²) in [6.07, 6.45) is 0. The van der Waals surface area contributed by atoms with Gasteiger partial charge in [0.05, 0.1) is 29.4 Å². The fraction of sp³-hybridized carbons (Fsp3) is 0. The predicted octanol–water partition coefficient (Wildman–Crippen LogP) is 8.25. The molecule has 0 fully saturated rings. The molecule has 0 bridgehead atoms. The first kappa shape index (κ1) is 29.0. The van der Waals surface area contributed by atoms with E-state index in [4.69, 9.17) is 6.57 Å². The molecule has 7 aromatic carbocycles. The molecule has 8 rings (SSSR count). The highest BCUT2D eigenvalue weighted by Crippen LogP contribution is 2.39. The zero-order valence-corrected chi connectivity index (χ0v) is 27.1.